The standard InChI is InChI=1S/C32H20N2O/c1-2-10-24-21(7-1)8-5-13-25(24)31-26-11-3-4-12-27(26)32(28-16-18-33-20-29(28)31)35-23-15-14-22-9-6-17-34-30(22)19-23/h1-20H. The zero-order chi connectivity index (χ0) is 23.2. The maximum Gasteiger partial charge on any atom is 0.143 e. The van der Waals surface area contributed by atoms with Crippen LogP contribution in [0.2, 0.25) is 0 Å². The summed E-state index contributed by atoms with van der Waals surface area (Å²) in [6.45, 7) is 0. The molecule has 3 heteroatoms. The number of benzene rings is 5. The maximum atomic E-state index is 6.62. The van der Waals surface area contributed by atoms with Crippen LogP contribution in [0, 0.1) is 0 Å². The molecule has 0 amide bonds. The van der Waals surface area contributed by atoms with E-state index in [1.165, 1.54) is 21.9 Å². The SMILES string of the molecule is c1cnc2cc(Oc3c4ccccc4c(-c4cccc5ccccc45)c4cnccc34)ccc2c1. The van der Waals surface area contributed by atoms with Gasteiger partial charge in [-0.25, -0.2) is 0 Å². The number of ether oxygens (including phenoxy) is 1. The summed E-state index contributed by atoms with van der Waals surface area (Å²) in [7, 11) is 0. The third-order valence-electron chi connectivity index (χ3n) is 6.63. The van der Waals surface area contributed by atoms with Crippen LogP contribution in [0.25, 0.3) is 54.3 Å². The van der Waals surface area contributed by atoms with Gasteiger partial charge in [0.25, 0.3) is 0 Å². The van der Waals surface area contributed by atoms with Gasteiger partial charge in [0.15, 0.2) is 0 Å². The Morgan fingerprint density at radius 3 is 2.26 bits per heavy atom. The Morgan fingerprint density at radius 2 is 1.31 bits per heavy atom. The van der Waals surface area contributed by atoms with E-state index in [0.29, 0.717) is 0 Å². The van der Waals surface area contributed by atoms with E-state index < -0.39 is 0 Å². The molecule has 7 rings (SSSR count). The average Bonchev–Trinajstić information content (AvgIpc) is 2.93. The Labute approximate surface area is 202 Å². The molecule has 0 unspecified atom stereocenters. The molecule has 35 heavy (non-hydrogen) atoms. The second kappa shape index (κ2) is 7.93. The van der Waals surface area contributed by atoms with Crippen LogP contribution in [0.3, 0.4) is 0 Å². The molecule has 0 saturated heterocycles. The van der Waals surface area contributed by atoms with Crippen LogP contribution in [0.15, 0.2) is 122 Å². The molecule has 0 N–H and O–H groups in total. The molecule has 0 bridgehead atoms. The summed E-state index contributed by atoms with van der Waals surface area (Å²) < 4.78 is 6.62. The molecule has 7 aromatic rings. The van der Waals surface area contributed by atoms with Crippen molar-refractivity contribution in [3.8, 4) is 22.6 Å². The first-order valence-corrected chi connectivity index (χ1v) is 11.7. The van der Waals surface area contributed by atoms with Crippen LogP contribution >= 0.6 is 0 Å². The first-order valence-electron chi connectivity index (χ1n) is 11.7. The molecule has 0 aliphatic carbocycles. The molecule has 0 spiro atoms. The lowest BCUT2D eigenvalue weighted by atomic mass is 9.89. The third kappa shape index (κ3) is 3.21. The van der Waals surface area contributed by atoms with E-state index in [0.717, 1.165) is 43.9 Å². The third-order valence-corrected chi connectivity index (χ3v) is 6.63. The molecule has 0 aliphatic rings. The van der Waals surface area contributed by atoms with E-state index in [2.05, 4.69) is 82.8 Å². The highest BCUT2D eigenvalue weighted by Crippen LogP contribution is 2.45. The first kappa shape index (κ1) is 19.7. The van der Waals surface area contributed by atoms with Crippen LogP contribution in [0.4, 0.5) is 0 Å². The quantitative estimate of drug-likeness (QED) is 0.254. The van der Waals surface area contributed by atoms with Gasteiger partial charge in [0.1, 0.15) is 11.5 Å². The Hall–Kier alpha value is -4.76. The van der Waals surface area contributed by atoms with Gasteiger partial charge in [-0.2, -0.15) is 0 Å². The van der Waals surface area contributed by atoms with Crippen molar-refractivity contribution in [3.63, 3.8) is 0 Å². The van der Waals surface area contributed by atoms with Gasteiger partial charge in [0.05, 0.1) is 5.52 Å². The van der Waals surface area contributed by atoms with Crippen LogP contribution < -0.4 is 4.74 Å². The molecule has 164 valence electrons. The minimum atomic E-state index is 0.761. The first-order chi connectivity index (χ1) is 17.4. The zero-order valence-corrected chi connectivity index (χ0v) is 18.8. The highest BCUT2D eigenvalue weighted by atomic mass is 16.5. The van der Waals surface area contributed by atoms with Crippen molar-refractivity contribution in [2.45, 2.75) is 0 Å². The van der Waals surface area contributed by atoms with E-state index in [9.17, 15) is 0 Å². The van der Waals surface area contributed by atoms with Gasteiger partial charge in [0.2, 0.25) is 0 Å². The second-order valence-electron chi connectivity index (χ2n) is 8.66. The molecule has 2 heterocycles. The van der Waals surface area contributed by atoms with Crippen molar-refractivity contribution in [3.05, 3.63) is 122 Å². The van der Waals surface area contributed by atoms with Gasteiger partial charge >= 0.3 is 0 Å². The summed E-state index contributed by atoms with van der Waals surface area (Å²) in [4.78, 5) is 9.01. The monoisotopic (exact) mass is 448 g/mol. The molecule has 0 atom stereocenters. The smallest absolute Gasteiger partial charge is 0.143 e. The van der Waals surface area contributed by atoms with Gasteiger partial charge < -0.3 is 4.74 Å². The van der Waals surface area contributed by atoms with E-state index in [4.69, 9.17) is 4.74 Å². The lowest BCUT2D eigenvalue weighted by molar-refractivity contribution is 0.494. The van der Waals surface area contributed by atoms with Crippen molar-refractivity contribution < 1.29 is 4.74 Å². The Morgan fingerprint density at radius 1 is 0.543 bits per heavy atom. The fourth-order valence-electron chi connectivity index (χ4n) is 5.05. The molecule has 2 aromatic heterocycles. The maximum absolute atomic E-state index is 6.62. The van der Waals surface area contributed by atoms with Gasteiger partial charge in [-0.15, -0.1) is 0 Å². The summed E-state index contributed by atoms with van der Waals surface area (Å²) in [5.41, 5.74) is 3.28. The number of aromatic nitrogens is 2. The summed E-state index contributed by atoms with van der Waals surface area (Å²) in [6, 6.07) is 35.6. The van der Waals surface area contributed by atoms with Crippen molar-refractivity contribution in [1.29, 1.82) is 0 Å². The second-order valence-corrected chi connectivity index (χ2v) is 8.66. The fraction of sp³-hybridized carbons (Fsp3) is 0. The molecule has 0 saturated carbocycles. The van der Waals surface area contributed by atoms with Crippen LogP contribution in [0.5, 0.6) is 11.5 Å². The number of rotatable bonds is 3. The Bertz CT molecular complexity index is 1830. The summed E-state index contributed by atoms with van der Waals surface area (Å²) in [5.74, 6) is 1.59. The fourth-order valence-corrected chi connectivity index (χ4v) is 5.05. The van der Waals surface area contributed by atoms with E-state index in [-0.39, 0.29) is 0 Å². The lowest BCUT2D eigenvalue weighted by Crippen LogP contribution is -1.93. The number of nitrogens with zero attached hydrogens (tertiary/aromatic N) is 2. The lowest BCUT2D eigenvalue weighted by Gasteiger charge is -2.18. The van der Waals surface area contributed by atoms with Gasteiger partial charge in [0, 0.05) is 46.2 Å². The van der Waals surface area contributed by atoms with E-state index >= 15 is 0 Å². The normalized spacial score (nSPS) is 11.4. The number of hydrogen-bond acceptors (Lipinski definition) is 3. The Balaban J connectivity index is 1.54. The molecule has 0 aliphatic heterocycles. The van der Waals surface area contributed by atoms with Crippen molar-refractivity contribution in [2.24, 2.45) is 0 Å². The van der Waals surface area contributed by atoms with Gasteiger partial charge in [-0.3, -0.25) is 9.97 Å². The molecule has 5 aromatic carbocycles. The molecular formula is C32H20N2O. The zero-order valence-electron chi connectivity index (χ0n) is 18.8. The van der Waals surface area contributed by atoms with Gasteiger partial charge in [-0.05, 0) is 51.6 Å². The Kier molecular flexibility index (Phi) is 4.46. The molecule has 0 radical (unpaired) electrons. The predicted octanol–water partition coefficient (Wildman–Crippen LogP) is 8.55. The number of hydrogen-bond donors (Lipinski definition) is 0. The van der Waals surface area contributed by atoms with Gasteiger partial charge in [-0.1, -0.05) is 72.8 Å². The van der Waals surface area contributed by atoms with E-state index in [1.807, 2.05) is 48.9 Å². The van der Waals surface area contributed by atoms with E-state index in [1.54, 1.807) is 0 Å². The largest absolute Gasteiger partial charge is 0.456 e. The van der Waals surface area contributed by atoms with Crippen molar-refractivity contribution in [1.82, 2.24) is 9.97 Å². The minimum absolute atomic E-state index is 0.761. The van der Waals surface area contributed by atoms with Crippen molar-refractivity contribution >= 4 is 43.2 Å². The highest BCUT2D eigenvalue weighted by Gasteiger charge is 2.18. The van der Waals surface area contributed by atoms with Crippen molar-refractivity contribution in [2.75, 3.05) is 0 Å². The summed E-state index contributed by atoms with van der Waals surface area (Å²) in [6.07, 6.45) is 5.59. The minimum Gasteiger partial charge on any atom is -0.456 e. The average molecular weight is 449 g/mol. The topological polar surface area (TPSA) is 35.0 Å². The number of pyridine rings is 2. The van der Waals surface area contributed by atoms with Crippen LogP contribution in [-0.2, 0) is 0 Å². The molecule has 0 fully saturated rings. The molecular weight excluding hydrogens is 428 g/mol. The predicted molar refractivity (Wildman–Crippen MR) is 144 cm³/mol. The summed E-state index contributed by atoms with van der Waals surface area (Å²) >= 11 is 0. The molecule has 3 nitrogen and oxygen atoms in total. The van der Waals surface area contributed by atoms with Crippen LogP contribution in [0.1, 0.15) is 0 Å². The number of fused-ring (bicyclic) bond motifs is 4. The summed E-state index contributed by atoms with van der Waals surface area (Å²) in [5, 5.41) is 7.83. The van der Waals surface area contributed by atoms with Crippen LogP contribution in [-0.4, -0.2) is 9.97 Å². The highest BCUT2D eigenvalue weighted by molar-refractivity contribution is 6.19.